The van der Waals surface area contributed by atoms with Crippen LogP contribution in [0.4, 0.5) is 0 Å². The van der Waals surface area contributed by atoms with Crippen molar-refractivity contribution in [2.75, 3.05) is 14.1 Å². The molecule has 1 N–H and O–H groups in total. The van der Waals surface area contributed by atoms with Crippen LogP contribution < -0.4 is 10.1 Å². The Bertz CT molecular complexity index is 978. The van der Waals surface area contributed by atoms with Gasteiger partial charge in [-0.2, -0.15) is 0 Å². The van der Waals surface area contributed by atoms with Gasteiger partial charge in [0.1, 0.15) is 18.2 Å². The summed E-state index contributed by atoms with van der Waals surface area (Å²) in [5.74, 6) is 1.28. The minimum Gasteiger partial charge on any atom is -0.486 e. The second-order valence-corrected chi connectivity index (χ2v) is 6.70. The highest BCUT2D eigenvalue weighted by atomic mass is 16.5. The number of carbonyl (C=O) groups is 2. The van der Waals surface area contributed by atoms with Gasteiger partial charge in [-0.3, -0.25) is 9.59 Å². The van der Waals surface area contributed by atoms with Crippen molar-refractivity contribution in [2.45, 2.75) is 13.2 Å². The van der Waals surface area contributed by atoms with Gasteiger partial charge in [-0.1, -0.05) is 12.1 Å². The lowest BCUT2D eigenvalue weighted by atomic mass is 10.1. The molecule has 2 amide bonds. The van der Waals surface area contributed by atoms with E-state index in [0.717, 1.165) is 11.4 Å². The summed E-state index contributed by atoms with van der Waals surface area (Å²) >= 11 is 0. The molecule has 0 saturated heterocycles. The first-order valence-electron chi connectivity index (χ1n) is 9.23. The number of rotatable bonds is 7. The van der Waals surface area contributed by atoms with Crippen LogP contribution in [0.5, 0.6) is 5.75 Å². The highest BCUT2D eigenvalue weighted by molar-refractivity contribution is 5.94. The molecule has 1 aromatic heterocycles. The fraction of sp³-hybridized carbons (Fsp3) is 0.227. The van der Waals surface area contributed by atoms with E-state index in [9.17, 15) is 9.59 Å². The van der Waals surface area contributed by atoms with Crippen LogP contribution in [0.15, 0.2) is 60.9 Å². The van der Waals surface area contributed by atoms with E-state index in [2.05, 4.69) is 10.3 Å². The van der Waals surface area contributed by atoms with Crippen LogP contribution in [0.2, 0.25) is 0 Å². The summed E-state index contributed by atoms with van der Waals surface area (Å²) < 4.78 is 7.62. The molecule has 0 radical (unpaired) electrons. The molecule has 3 aromatic rings. The summed E-state index contributed by atoms with van der Waals surface area (Å²) in [5.41, 5.74) is 2.12. The van der Waals surface area contributed by atoms with Crippen molar-refractivity contribution in [3.05, 3.63) is 83.4 Å². The summed E-state index contributed by atoms with van der Waals surface area (Å²) in [6.07, 6.45) is 3.59. The number of benzene rings is 2. The summed E-state index contributed by atoms with van der Waals surface area (Å²) in [6.45, 7) is 0.813. The summed E-state index contributed by atoms with van der Waals surface area (Å²) in [5, 5.41) is 2.59. The van der Waals surface area contributed by atoms with E-state index < -0.39 is 0 Å². The number of aryl methyl sites for hydroxylation is 1. The number of ether oxygens (including phenoxy) is 1. The van der Waals surface area contributed by atoms with Crippen molar-refractivity contribution >= 4 is 11.8 Å². The zero-order valence-electron chi connectivity index (χ0n) is 16.8. The monoisotopic (exact) mass is 392 g/mol. The molecule has 2 aromatic carbocycles. The lowest BCUT2D eigenvalue weighted by molar-refractivity contribution is 0.0784. The van der Waals surface area contributed by atoms with Gasteiger partial charge in [0.25, 0.3) is 11.8 Å². The molecule has 0 fully saturated rings. The smallest absolute Gasteiger partial charge is 0.253 e. The first-order chi connectivity index (χ1) is 14.0. The third-order valence-corrected chi connectivity index (χ3v) is 4.60. The fourth-order valence-electron chi connectivity index (χ4n) is 2.85. The number of hydrogen-bond acceptors (Lipinski definition) is 4. The number of hydrogen-bond donors (Lipinski definition) is 1. The van der Waals surface area contributed by atoms with E-state index in [4.69, 9.17) is 4.74 Å². The van der Waals surface area contributed by atoms with Crippen LogP contribution in [-0.4, -0.2) is 40.4 Å². The highest BCUT2D eigenvalue weighted by Crippen LogP contribution is 2.16. The molecule has 150 valence electrons. The molecule has 3 rings (SSSR count). The van der Waals surface area contributed by atoms with Crippen molar-refractivity contribution in [1.29, 1.82) is 0 Å². The van der Waals surface area contributed by atoms with E-state index >= 15 is 0 Å². The quantitative estimate of drug-likeness (QED) is 0.671. The highest BCUT2D eigenvalue weighted by Gasteiger charge is 2.13. The lowest BCUT2D eigenvalue weighted by Gasteiger charge is -2.18. The number of imidazole rings is 1. The van der Waals surface area contributed by atoms with Crippen LogP contribution in [-0.2, 0) is 20.2 Å². The Hall–Kier alpha value is -3.61. The second-order valence-electron chi connectivity index (χ2n) is 6.70. The van der Waals surface area contributed by atoms with Gasteiger partial charge in [-0.05, 0) is 42.0 Å². The average Bonchev–Trinajstić information content (AvgIpc) is 3.16. The number of nitrogens with zero attached hydrogens (tertiary/aromatic N) is 3. The summed E-state index contributed by atoms with van der Waals surface area (Å²) in [4.78, 5) is 30.1. The molecule has 0 bridgehead atoms. The second kappa shape index (κ2) is 9.05. The van der Waals surface area contributed by atoms with Crippen molar-refractivity contribution in [3.8, 4) is 5.75 Å². The predicted molar refractivity (Wildman–Crippen MR) is 110 cm³/mol. The SMILES string of the molecule is CNC(=O)c1ccc(CN(C)C(=O)c2ccc(OCc3nccn3C)cc2)cc1. The molecule has 0 aliphatic heterocycles. The first-order valence-corrected chi connectivity index (χ1v) is 9.23. The van der Waals surface area contributed by atoms with Crippen LogP contribution in [0, 0.1) is 0 Å². The number of nitrogens with one attached hydrogen (secondary N) is 1. The Labute approximate surface area is 169 Å². The Morgan fingerprint density at radius 1 is 1.07 bits per heavy atom. The van der Waals surface area contributed by atoms with Gasteiger partial charge in [0.2, 0.25) is 0 Å². The molecule has 0 spiro atoms. The molecular formula is C22H24N4O3. The van der Waals surface area contributed by atoms with Crippen LogP contribution >= 0.6 is 0 Å². The molecule has 7 nitrogen and oxygen atoms in total. The van der Waals surface area contributed by atoms with Gasteiger partial charge in [0.15, 0.2) is 0 Å². The Morgan fingerprint density at radius 3 is 2.31 bits per heavy atom. The van der Waals surface area contributed by atoms with Crippen molar-refractivity contribution in [2.24, 2.45) is 7.05 Å². The number of amides is 2. The average molecular weight is 392 g/mol. The zero-order valence-corrected chi connectivity index (χ0v) is 16.8. The summed E-state index contributed by atoms with van der Waals surface area (Å²) in [7, 11) is 5.26. The third-order valence-electron chi connectivity index (χ3n) is 4.60. The lowest BCUT2D eigenvalue weighted by Crippen LogP contribution is -2.26. The number of aromatic nitrogens is 2. The Morgan fingerprint density at radius 2 is 1.72 bits per heavy atom. The Kier molecular flexibility index (Phi) is 6.29. The van der Waals surface area contributed by atoms with Gasteiger partial charge in [0.05, 0.1) is 0 Å². The molecule has 1 heterocycles. The largest absolute Gasteiger partial charge is 0.486 e. The molecular weight excluding hydrogens is 368 g/mol. The summed E-state index contributed by atoms with van der Waals surface area (Å²) in [6, 6.07) is 14.3. The fourth-order valence-corrected chi connectivity index (χ4v) is 2.85. The standard InChI is InChI=1S/C22H24N4O3/c1-23-21(27)17-6-4-16(5-7-17)14-26(3)22(28)18-8-10-19(11-9-18)29-15-20-24-12-13-25(20)2/h4-13H,14-15H2,1-3H3,(H,23,27). The van der Waals surface area contributed by atoms with Gasteiger partial charge in [-0.25, -0.2) is 4.98 Å². The maximum Gasteiger partial charge on any atom is 0.253 e. The molecule has 7 heteroatoms. The van der Waals surface area contributed by atoms with Crippen molar-refractivity contribution in [1.82, 2.24) is 19.8 Å². The zero-order chi connectivity index (χ0) is 20.8. The van der Waals surface area contributed by atoms with E-state index in [0.29, 0.717) is 30.0 Å². The topological polar surface area (TPSA) is 76.5 Å². The molecule has 0 aliphatic rings. The van der Waals surface area contributed by atoms with Crippen LogP contribution in [0.25, 0.3) is 0 Å². The molecule has 0 aliphatic carbocycles. The number of carbonyl (C=O) groups excluding carboxylic acids is 2. The first kappa shape index (κ1) is 20.1. The minimum atomic E-state index is -0.133. The molecule has 0 atom stereocenters. The van der Waals surface area contributed by atoms with E-state index in [1.165, 1.54) is 0 Å². The van der Waals surface area contributed by atoms with E-state index in [-0.39, 0.29) is 11.8 Å². The molecule has 29 heavy (non-hydrogen) atoms. The molecule has 0 unspecified atom stereocenters. The van der Waals surface area contributed by atoms with E-state index in [1.54, 1.807) is 61.6 Å². The van der Waals surface area contributed by atoms with Crippen LogP contribution in [0.1, 0.15) is 32.1 Å². The van der Waals surface area contributed by atoms with Crippen LogP contribution in [0.3, 0.4) is 0 Å². The van der Waals surface area contributed by atoms with Gasteiger partial charge < -0.3 is 19.5 Å². The van der Waals surface area contributed by atoms with Gasteiger partial charge in [0, 0.05) is 51.2 Å². The minimum absolute atomic E-state index is 0.0870. The van der Waals surface area contributed by atoms with Crippen molar-refractivity contribution in [3.63, 3.8) is 0 Å². The predicted octanol–water partition coefficient (Wildman–Crippen LogP) is 2.63. The molecule has 0 saturated carbocycles. The normalized spacial score (nSPS) is 10.4. The third kappa shape index (κ3) is 5.01. The van der Waals surface area contributed by atoms with Gasteiger partial charge >= 0.3 is 0 Å². The maximum absolute atomic E-state index is 12.7. The Balaban J connectivity index is 1.57. The van der Waals surface area contributed by atoms with Crippen molar-refractivity contribution < 1.29 is 14.3 Å². The van der Waals surface area contributed by atoms with Gasteiger partial charge in [-0.15, -0.1) is 0 Å². The van der Waals surface area contributed by atoms with E-state index in [1.807, 2.05) is 29.9 Å². The maximum atomic E-state index is 12.7.